The Morgan fingerprint density at radius 3 is 2.41 bits per heavy atom. The molecule has 0 radical (unpaired) electrons. The Kier molecular flexibility index (Phi) is 4.96. The quantitative estimate of drug-likeness (QED) is 0.122. The number of benzene rings is 4. The number of hydrogen-bond donors (Lipinski definition) is 5. The van der Waals surface area contributed by atoms with Crippen LogP contribution in [0.2, 0.25) is 0 Å². The Morgan fingerprint density at radius 2 is 1.65 bits per heavy atom. The summed E-state index contributed by atoms with van der Waals surface area (Å²) >= 11 is 0. The molecule has 1 unspecified atom stereocenters. The van der Waals surface area contributed by atoms with Crippen molar-refractivity contribution < 1.29 is 27.5 Å². The number of azo groups is 1. The summed E-state index contributed by atoms with van der Waals surface area (Å²) in [5, 5.41) is 22.5. The summed E-state index contributed by atoms with van der Waals surface area (Å²) < 4.78 is 46.8. The lowest BCUT2D eigenvalue weighted by molar-refractivity contribution is 0.472. The molecule has 1 aliphatic heterocycles. The molecule has 5 rings (SSSR count). The topological polar surface area (TPSA) is 175 Å². The van der Waals surface area contributed by atoms with Gasteiger partial charge in [-0.25, -0.2) is 0 Å². The van der Waals surface area contributed by atoms with Gasteiger partial charge in [0.1, 0.15) is 10.6 Å². The predicted octanol–water partition coefficient (Wildman–Crippen LogP) is 4.07. The molecule has 0 bridgehead atoms. The third-order valence-electron chi connectivity index (χ3n) is 5.43. The van der Waals surface area contributed by atoms with Gasteiger partial charge in [0.2, 0.25) is 0 Å². The van der Waals surface area contributed by atoms with Crippen molar-refractivity contribution in [1.82, 2.24) is 0 Å². The average Bonchev–Trinajstić information content (AvgIpc) is 2.78. The SMILES string of the molecule is Nc1ccc2c(O)c(N=Nc3ccc4c(c3)P(=O)(O)c3ccccc3N4)c(S(=O)(=O)O)cc2c1. The minimum absolute atomic E-state index is 0.107. The van der Waals surface area contributed by atoms with Crippen molar-refractivity contribution in [2.75, 3.05) is 11.1 Å². The smallest absolute Gasteiger partial charge is 0.296 e. The Balaban J connectivity index is 1.63. The summed E-state index contributed by atoms with van der Waals surface area (Å²) in [5.41, 5.74) is 6.66. The fourth-order valence-electron chi connectivity index (χ4n) is 3.83. The maximum Gasteiger partial charge on any atom is 0.296 e. The molecule has 0 fully saturated rings. The number of nitrogens with one attached hydrogen (secondary N) is 1. The Bertz CT molecular complexity index is 1690. The highest BCUT2D eigenvalue weighted by molar-refractivity contribution is 7.86. The molecule has 4 aromatic carbocycles. The predicted molar refractivity (Wildman–Crippen MR) is 129 cm³/mol. The first-order valence-corrected chi connectivity index (χ1v) is 12.9. The Labute approximate surface area is 193 Å². The van der Waals surface area contributed by atoms with Gasteiger partial charge in [0.05, 0.1) is 27.7 Å². The van der Waals surface area contributed by atoms with Gasteiger partial charge in [0, 0.05) is 11.1 Å². The molecule has 10 nitrogen and oxygen atoms in total. The molecule has 0 aliphatic carbocycles. The van der Waals surface area contributed by atoms with Crippen molar-refractivity contribution in [2.24, 2.45) is 10.2 Å². The first-order valence-electron chi connectivity index (χ1n) is 9.84. The number of nitrogens with zero attached hydrogens (tertiary/aromatic N) is 2. The highest BCUT2D eigenvalue weighted by atomic mass is 32.2. The van der Waals surface area contributed by atoms with Crippen LogP contribution in [0.3, 0.4) is 0 Å². The van der Waals surface area contributed by atoms with Crippen LogP contribution in [0.25, 0.3) is 10.8 Å². The summed E-state index contributed by atoms with van der Waals surface area (Å²) in [7, 11) is -8.71. The van der Waals surface area contributed by atoms with E-state index in [4.69, 9.17) is 5.73 Å². The van der Waals surface area contributed by atoms with Gasteiger partial charge < -0.3 is 21.1 Å². The molecule has 172 valence electrons. The van der Waals surface area contributed by atoms with Crippen molar-refractivity contribution in [3.8, 4) is 5.75 Å². The van der Waals surface area contributed by atoms with Crippen LogP contribution in [-0.2, 0) is 14.7 Å². The van der Waals surface area contributed by atoms with Gasteiger partial charge in [-0.1, -0.05) is 12.1 Å². The zero-order valence-corrected chi connectivity index (χ0v) is 19.0. The molecule has 34 heavy (non-hydrogen) atoms. The second-order valence-electron chi connectivity index (χ2n) is 7.65. The molecule has 0 saturated carbocycles. The van der Waals surface area contributed by atoms with Gasteiger partial charge in [-0.05, 0) is 60.0 Å². The summed E-state index contributed by atoms with van der Waals surface area (Å²) in [6.45, 7) is 0. The van der Waals surface area contributed by atoms with Crippen molar-refractivity contribution >= 4 is 67.3 Å². The Morgan fingerprint density at radius 1 is 0.912 bits per heavy atom. The van der Waals surface area contributed by atoms with Crippen molar-refractivity contribution in [3.05, 3.63) is 66.7 Å². The van der Waals surface area contributed by atoms with E-state index in [1.165, 1.54) is 30.3 Å². The number of anilines is 3. The number of nitrogens with two attached hydrogens (primary N) is 1. The van der Waals surface area contributed by atoms with Crippen LogP contribution in [0.5, 0.6) is 5.75 Å². The van der Waals surface area contributed by atoms with E-state index in [1.54, 1.807) is 30.3 Å². The number of aromatic hydroxyl groups is 1. The van der Waals surface area contributed by atoms with Crippen LogP contribution in [-0.4, -0.2) is 23.0 Å². The second kappa shape index (κ2) is 7.64. The molecule has 1 aliphatic rings. The molecule has 0 saturated heterocycles. The minimum atomic E-state index is -4.78. The average molecular weight is 496 g/mol. The van der Waals surface area contributed by atoms with Gasteiger partial charge >= 0.3 is 0 Å². The van der Waals surface area contributed by atoms with Crippen molar-refractivity contribution in [2.45, 2.75) is 4.90 Å². The Hall–Kier alpha value is -3.76. The zero-order valence-electron chi connectivity index (χ0n) is 17.2. The fourth-order valence-corrected chi connectivity index (χ4v) is 6.25. The van der Waals surface area contributed by atoms with Gasteiger partial charge in [0.25, 0.3) is 17.5 Å². The summed E-state index contributed by atoms with van der Waals surface area (Å²) in [6, 6.07) is 16.6. The molecule has 0 spiro atoms. The standard InChI is InChI=1S/C22H17N4O6PS/c23-13-5-7-15-12(9-13)10-20(34(30,31)32)21(22(15)27)26-25-14-6-8-17-19(11-14)33(28,29)18-4-2-1-3-16(18)24-17/h1-11,24,27H,23H2,(H,28,29)(H,30,31,32). The number of para-hydroxylation sites is 1. The molecule has 1 atom stereocenters. The van der Waals surface area contributed by atoms with Crippen LogP contribution in [0.1, 0.15) is 0 Å². The zero-order chi connectivity index (χ0) is 24.3. The number of rotatable bonds is 3. The summed E-state index contributed by atoms with van der Waals surface area (Å²) in [5.74, 6) is -0.518. The molecule has 0 amide bonds. The van der Waals surface area contributed by atoms with Crippen LogP contribution >= 0.6 is 7.37 Å². The van der Waals surface area contributed by atoms with E-state index in [1.807, 2.05) is 0 Å². The van der Waals surface area contributed by atoms with Gasteiger partial charge in [-0.2, -0.15) is 13.5 Å². The van der Waals surface area contributed by atoms with Crippen molar-refractivity contribution in [3.63, 3.8) is 0 Å². The molecular formula is C22H17N4O6PS. The van der Waals surface area contributed by atoms with Crippen LogP contribution < -0.4 is 21.7 Å². The van der Waals surface area contributed by atoms with Gasteiger partial charge in [0.15, 0.2) is 5.75 Å². The third kappa shape index (κ3) is 3.61. The second-order valence-corrected chi connectivity index (χ2v) is 11.2. The summed E-state index contributed by atoms with van der Waals surface area (Å²) in [4.78, 5) is 10.1. The number of nitrogen functional groups attached to an aromatic ring is 1. The summed E-state index contributed by atoms with van der Waals surface area (Å²) in [6.07, 6.45) is 0. The van der Waals surface area contributed by atoms with Crippen LogP contribution in [0, 0.1) is 0 Å². The van der Waals surface area contributed by atoms with E-state index < -0.39 is 33.8 Å². The van der Waals surface area contributed by atoms with Gasteiger partial charge in [-0.3, -0.25) is 9.12 Å². The normalized spacial score (nSPS) is 17.4. The maximum atomic E-state index is 13.2. The molecule has 0 aromatic heterocycles. The monoisotopic (exact) mass is 496 g/mol. The van der Waals surface area contributed by atoms with E-state index in [2.05, 4.69) is 15.5 Å². The van der Waals surface area contributed by atoms with E-state index >= 15 is 0 Å². The van der Waals surface area contributed by atoms with E-state index in [0.717, 1.165) is 6.07 Å². The first kappa shape index (κ1) is 22.1. The molecule has 6 N–H and O–H groups in total. The number of phenolic OH excluding ortho intramolecular Hbond substituents is 1. The van der Waals surface area contributed by atoms with Crippen molar-refractivity contribution in [1.29, 1.82) is 0 Å². The van der Waals surface area contributed by atoms with Gasteiger partial charge in [-0.15, -0.1) is 5.11 Å². The van der Waals surface area contributed by atoms with Crippen LogP contribution in [0.15, 0.2) is 81.9 Å². The highest BCUT2D eigenvalue weighted by Crippen LogP contribution is 2.48. The number of hydrogen-bond acceptors (Lipinski definition) is 8. The molecule has 12 heteroatoms. The highest BCUT2D eigenvalue weighted by Gasteiger charge is 2.34. The largest absolute Gasteiger partial charge is 0.505 e. The van der Waals surface area contributed by atoms with E-state index in [9.17, 15) is 27.5 Å². The van der Waals surface area contributed by atoms with E-state index in [-0.39, 0.29) is 27.1 Å². The minimum Gasteiger partial charge on any atom is -0.505 e. The van der Waals surface area contributed by atoms with Crippen LogP contribution in [0.4, 0.5) is 28.4 Å². The number of phenols is 1. The lowest BCUT2D eigenvalue weighted by atomic mass is 10.1. The fraction of sp³-hybridized carbons (Fsp3) is 0. The molecular weight excluding hydrogens is 479 g/mol. The maximum absolute atomic E-state index is 13.2. The van der Waals surface area contributed by atoms with E-state index in [0.29, 0.717) is 17.1 Å². The molecule has 1 heterocycles. The lowest BCUT2D eigenvalue weighted by Crippen LogP contribution is -2.26. The first-order chi connectivity index (χ1) is 16.1. The lowest BCUT2D eigenvalue weighted by Gasteiger charge is -2.25. The number of fused-ring (bicyclic) bond motifs is 3. The third-order valence-corrected chi connectivity index (χ3v) is 8.36. The molecule has 4 aromatic rings.